The van der Waals surface area contributed by atoms with E-state index in [2.05, 4.69) is 24.1 Å². The summed E-state index contributed by atoms with van der Waals surface area (Å²) >= 11 is 0. The Morgan fingerprint density at radius 2 is 1.71 bits per heavy atom. The smallest absolute Gasteiger partial charge is 0.0478 e. The van der Waals surface area contributed by atoms with Gasteiger partial charge in [0.15, 0.2) is 0 Å². The molecular weight excluding hydrogens is 176 g/mol. The summed E-state index contributed by atoms with van der Waals surface area (Å²) in [5.74, 6) is 0. The summed E-state index contributed by atoms with van der Waals surface area (Å²) in [5, 5.41) is 3.11. The molecule has 0 fully saturated rings. The van der Waals surface area contributed by atoms with Gasteiger partial charge >= 0.3 is 0 Å². The van der Waals surface area contributed by atoms with Crippen LogP contribution in [0.5, 0.6) is 0 Å². The zero-order valence-electron chi connectivity index (χ0n) is 10.0. The van der Waals surface area contributed by atoms with Crippen LogP contribution in [-0.2, 0) is 4.74 Å². The predicted octanol–water partition coefficient (Wildman–Crippen LogP) is 1.34. The third kappa shape index (κ3) is 8.48. The summed E-state index contributed by atoms with van der Waals surface area (Å²) in [6.07, 6.45) is 2.27. The summed E-state index contributed by atoms with van der Waals surface area (Å²) in [5.41, 5.74) is 0. The van der Waals surface area contributed by atoms with Crippen LogP contribution >= 0.6 is 0 Å². The van der Waals surface area contributed by atoms with Crippen molar-refractivity contribution in [2.75, 3.05) is 46.4 Å². The lowest BCUT2D eigenvalue weighted by atomic mass is 10.4. The first-order valence-electron chi connectivity index (χ1n) is 5.79. The van der Waals surface area contributed by atoms with Crippen LogP contribution in [0.15, 0.2) is 0 Å². The topological polar surface area (TPSA) is 24.5 Å². The molecule has 0 bridgehead atoms. The van der Waals surface area contributed by atoms with Crippen molar-refractivity contribution in [1.82, 2.24) is 10.2 Å². The maximum Gasteiger partial charge on any atom is 0.0478 e. The zero-order chi connectivity index (χ0) is 10.6. The van der Waals surface area contributed by atoms with E-state index < -0.39 is 0 Å². The molecule has 0 heterocycles. The van der Waals surface area contributed by atoms with Crippen molar-refractivity contribution < 1.29 is 4.74 Å². The van der Waals surface area contributed by atoms with Crippen LogP contribution < -0.4 is 5.32 Å². The molecule has 0 aromatic carbocycles. The Balaban J connectivity index is 3.04. The minimum Gasteiger partial charge on any atom is -0.381 e. The summed E-state index contributed by atoms with van der Waals surface area (Å²) in [4.78, 5) is 2.43. The van der Waals surface area contributed by atoms with Crippen molar-refractivity contribution >= 4 is 0 Å². The van der Waals surface area contributed by atoms with E-state index in [9.17, 15) is 0 Å². The van der Waals surface area contributed by atoms with E-state index in [-0.39, 0.29) is 0 Å². The first-order valence-corrected chi connectivity index (χ1v) is 5.79. The first kappa shape index (κ1) is 13.9. The highest BCUT2D eigenvalue weighted by molar-refractivity contribution is 4.51. The standard InChI is InChI=1S/C11H26N2O/c1-4-13(5-2)9-7-11-14-10-6-8-12-3/h12H,4-11H2,1-3H3. The molecule has 0 unspecified atom stereocenters. The van der Waals surface area contributed by atoms with Crippen molar-refractivity contribution in [1.29, 1.82) is 0 Å². The maximum absolute atomic E-state index is 5.51. The van der Waals surface area contributed by atoms with E-state index in [1.807, 2.05) is 7.05 Å². The fourth-order valence-corrected chi connectivity index (χ4v) is 1.38. The minimum atomic E-state index is 0.888. The second-order valence-electron chi connectivity index (χ2n) is 3.45. The van der Waals surface area contributed by atoms with Gasteiger partial charge in [-0.05, 0) is 39.5 Å². The van der Waals surface area contributed by atoms with Gasteiger partial charge in [-0.15, -0.1) is 0 Å². The fourth-order valence-electron chi connectivity index (χ4n) is 1.38. The lowest BCUT2D eigenvalue weighted by Gasteiger charge is -2.17. The molecule has 86 valence electrons. The van der Waals surface area contributed by atoms with Crippen LogP contribution in [0.3, 0.4) is 0 Å². The second kappa shape index (κ2) is 11.0. The summed E-state index contributed by atoms with van der Waals surface area (Å²) in [6.45, 7) is 10.7. The second-order valence-corrected chi connectivity index (χ2v) is 3.45. The Bertz CT molecular complexity index is 105. The monoisotopic (exact) mass is 202 g/mol. The summed E-state index contributed by atoms with van der Waals surface area (Å²) in [6, 6.07) is 0. The van der Waals surface area contributed by atoms with Gasteiger partial charge in [-0.25, -0.2) is 0 Å². The Labute approximate surface area is 88.8 Å². The van der Waals surface area contributed by atoms with Crippen molar-refractivity contribution in [3.63, 3.8) is 0 Å². The van der Waals surface area contributed by atoms with Gasteiger partial charge < -0.3 is 15.0 Å². The lowest BCUT2D eigenvalue weighted by molar-refractivity contribution is 0.120. The average molecular weight is 202 g/mol. The molecule has 0 spiro atoms. The van der Waals surface area contributed by atoms with Gasteiger partial charge in [0, 0.05) is 19.8 Å². The highest BCUT2D eigenvalue weighted by Crippen LogP contribution is 1.91. The third-order valence-corrected chi connectivity index (χ3v) is 2.37. The molecule has 0 aliphatic carbocycles. The van der Waals surface area contributed by atoms with Crippen LogP contribution in [0.4, 0.5) is 0 Å². The fraction of sp³-hybridized carbons (Fsp3) is 1.00. The number of nitrogens with zero attached hydrogens (tertiary/aromatic N) is 1. The summed E-state index contributed by atoms with van der Waals surface area (Å²) in [7, 11) is 1.97. The lowest BCUT2D eigenvalue weighted by Crippen LogP contribution is -2.25. The van der Waals surface area contributed by atoms with Crippen LogP contribution in [0.2, 0.25) is 0 Å². The molecule has 0 saturated carbocycles. The van der Waals surface area contributed by atoms with Gasteiger partial charge in [0.2, 0.25) is 0 Å². The van der Waals surface area contributed by atoms with E-state index in [1.54, 1.807) is 0 Å². The largest absolute Gasteiger partial charge is 0.381 e. The summed E-state index contributed by atoms with van der Waals surface area (Å²) < 4.78 is 5.51. The van der Waals surface area contributed by atoms with Crippen LogP contribution in [0.1, 0.15) is 26.7 Å². The highest BCUT2D eigenvalue weighted by atomic mass is 16.5. The van der Waals surface area contributed by atoms with Crippen molar-refractivity contribution in [2.45, 2.75) is 26.7 Å². The van der Waals surface area contributed by atoms with Gasteiger partial charge in [0.25, 0.3) is 0 Å². The third-order valence-electron chi connectivity index (χ3n) is 2.37. The number of nitrogens with one attached hydrogen (secondary N) is 1. The molecule has 3 nitrogen and oxygen atoms in total. The van der Waals surface area contributed by atoms with Crippen LogP contribution in [-0.4, -0.2) is 51.3 Å². The molecule has 0 aliphatic heterocycles. The molecule has 0 amide bonds. The van der Waals surface area contributed by atoms with Gasteiger partial charge in [0.1, 0.15) is 0 Å². The number of hydrogen-bond donors (Lipinski definition) is 1. The molecule has 0 saturated heterocycles. The van der Waals surface area contributed by atoms with Gasteiger partial charge in [-0.3, -0.25) is 0 Å². The molecule has 0 aliphatic rings. The maximum atomic E-state index is 5.51. The number of hydrogen-bond acceptors (Lipinski definition) is 3. The quantitative estimate of drug-likeness (QED) is 0.541. The van der Waals surface area contributed by atoms with E-state index in [0.717, 1.165) is 45.7 Å². The van der Waals surface area contributed by atoms with E-state index >= 15 is 0 Å². The number of rotatable bonds is 10. The van der Waals surface area contributed by atoms with Gasteiger partial charge in [-0.2, -0.15) is 0 Å². The molecule has 14 heavy (non-hydrogen) atoms. The van der Waals surface area contributed by atoms with Crippen LogP contribution in [0, 0.1) is 0 Å². The van der Waals surface area contributed by atoms with Gasteiger partial charge in [0.05, 0.1) is 0 Å². The molecule has 0 atom stereocenters. The zero-order valence-corrected chi connectivity index (χ0v) is 10.0. The Morgan fingerprint density at radius 3 is 2.29 bits per heavy atom. The molecule has 0 radical (unpaired) electrons. The van der Waals surface area contributed by atoms with Crippen molar-refractivity contribution in [2.24, 2.45) is 0 Å². The Morgan fingerprint density at radius 1 is 1.07 bits per heavy atom. The van der Waals surface area contributed by atoms with Gasteiger partial charge in [-0.1, -0.05) is 13.8 Å². The molecule has 1 N–H and O–H groups in total. The minimum absolute atomic E-state index is 0.888. The molecule has 3 heteroatoms. The Hall–Kier alpha value is -0.120. The highest BCUT2D eigenvalue weighted by Gasteiger charge is 1.97. The molecule has 0 rings (SSSR count). The van der Waals surface area contributed by atoms with E-state index in [1.165, 1.54) is 6.54 Å². The first-order chi connectivity index (χ1) is 6.85. The SMILES string of the molecule is CCN(CC)CCCOCCCNC. The van der Waals surface area contributed by atoms with Crippen molar-refractivity contribution in [3.05, 3.63) is 0 Å². The average Bonchev–Trinajstić information content (AvgIpc) is 2.22. The normalized spacial score (nSPS) is 11.1. The van der Waals surface area contributed by atoms with E-state index in [4.69, 9.17) is 4.74 Å². The molecule has 0 aromatic rings. The number of ether oxygens (including phenoxy) is 1. The molecule has 0 aromatic heterocycles. The predicted molar refractivity (Wildman–Crippen MR) is 61.8 cm³/mol. The van der Waals surface area contributed by atoms with E-state index in [0.29, 0.717) is 0 Å². The molecular formula is C11H26N2O. The van der Waals surface area contributed by atoms with Crippen molar-refractivity contribution in [3.8, 4) is 0 Å². The Kier molecular flexibility index (Phi) is 10.9. The van der Waals surface area contributed by atoms with Crippen LogP contribution in [0.25, 0.3) is 0 Å².